The van der Waals surface area contributed by atoms with Gasteiger partial charge in [-0.15, -0.1) is 0 Å². The van der Waals surface area contributed by atoms with Crippen LogP contribution in [0.2, 0.25) is 0 Å². The highest BCUT2D eigenvalue weighted by molar-refractivity contribution is 6.01. The average molecular weight is 299 g/mol. The lowest BCUT2D eigenvalue weighted by Crippen LogP contribution is -2.27. The third-order valence-corrected chi connectivity index (χ3v) is 3.35. The van der Waals surface area contributed by atoms with E-state index < -0.39 is 23.8 Å². The van der Waals surface area contributed by atoms with Crippen LogP contribution in [0, 0.1) is 0 Å². The molecule has 21 heavy (non-hydrogen) atoms. The van der Waals surface area contributed by atoms with Gasteiger partial charge in [0.15, 0.2) is 5.82 Å². The summed E-state index contributed by atoms with van der Waals surface area (Å²) >= 11 is 0. The number of hydrogen-bond acceptors (Lipinski definition) is 3. The maximum atomic E-state index is 12.7. The van der Waals surface area contributed by atoms with Crippen LogP contribution in [0.25, 0.3) is 10.9 Å². The summed E-state index contributed by atoms with van der Waals surface area (Å²) in [6.45, 7) is 0.512. The van der Waals surface area contributed by atoms with Gasteiger partial charge in [-0.1, -0.05) is 0 Å². The first-order valence-electron chi connectivity index (χ1n) is 6.43. The van der Waals surface area contributed by atoms with Gasteiger partial charge in [-0.05, 0) is 31.0 Å². The molecule has 0 radical (unpaired) electrons. The van der Waals surface area contributed by atoms with Crippen LogP contribution in [0.3, 0.4) is 0 Å². The van der Waals surface area contributed by atoms with Gasteiger partial charge in [-0.25, -0.2) is 0 Å². The van der Waals surface area contributed by atoms with Crippen molar-refractivity contribution in [2.45, 2.75) is 25.1 Å². The Balaban J connectivity index is 1.89. The number of rotatable bonds is 2. The Hall–Kier alpha value is -2.09. The molecule has 1 aliphatic heterocycles. The van der Waals surface area contributed by atoms with E-state index in [1.165, 1.54) is 6.07 Å². The number of carbonyl (C=O) groups is 1. The lowest BCUT2D eigenvalue weighted by molar-refractivity contribution is -0.137. The number of aromatic nitrogens is 2. The van der Waals surface area contributed by atoms with Crippen LogP contribution in [-0.4, -0.2) is 28.8 Å². The summed E-state index contributed by atoms with van der Waals surface area (Å²) in [6, 6.07) is 3.21. The number of H-pyrrole nitrogens is 1. The summed E-state index contributed by atoms with van der Waals surface area (Å²) in [7, 11) is 0. The minimum atomic E-state index is -4.44. The number of anilines is 1. The standard InChI is InChI=1S/C13H12F3N3O2/c14-13(15,16)7-3-4-9-8(6-7)11(19-18-9)17-12(20)10-2-1-5-21-10/h3-4,6,10H,1-2,5H2,(H2,17,18,19,20). The summed E-state index contributed by atoms with van der Waals surface area (Å²) in [6.07, 6.45) is -3.62. The summed E-state index contributed by atoms with van der Waals surface area (Å²) in [4.78, 5) is 11.9. The number of nitrogens with zero attached hydrogens (tertiary/aromatic N) is 1. The van der Waals surface area contributed by atoms with E-state index in [0.717, 1.165) is 18.6 Å². The first kappa shape index (κ1) is 13.9. The Morgan fingerprint density at radius 3 is 2.90 bits per heavy atom. The van der Waals surface area contributed by atoms with Gasteiger partial charge in [0.05, 0.1) is 11.1 Å². The molecule has 3 rings (SSSR count). The topological polar surface area (TPSA) is 67.0 Å². The van der Waals surface area contributed by atoms with E-state index in [1.54, 1.807) is 0 Å². The number of amides is 1. The highest BCUT2D eigenvalue weighted by atomic mass is 19.4. The van der Waals surface area contributed by atoms with Gasteiger partial charge < -0.3 is 10.1 Å². The van der Waals surface area contributed by atoms with E-state index in [0.29, 0.717) is 18.5 Å². The fourth-order valence-corrected chi connectivity index (χ4v) is 2.27. The molecule has 1 atom stereocenters. The van der Waals surface area contributed by atoms with Crippen molar-refractivity contribution >= 4 is 22.6 Å². The van der Waals surface area contributed by atoms with Crippen LogP contribution in [0.15, 0.2) is 18.2 Å². The summed E-state index contributed by atoms with van der Waals surface area (Å²) in [5.74, 6) is -0.310. The molecule has 8 heteroatoms. The van der Waals surface area contributed by atoms with Crippen molar-refractivity contribution in [1.82, 2.24) is 10.2 Å². The number of alkyl halides is 3. The molecule has 1 amide bonds. The van der Waals surface area contributed by atoms with Crippen molar-refractivity contribution in [2.24, 2.45) is 0 Å². The molecule has 0 aliphatic carbocycles. The number of aromatic amines is 1. The van der Waals surface area contributed by atoms with Crippen molar-refractivity contribution in [3.63, 3.8) is 0 Å². The van der Waals surface area contributed by atoms with Crippen LogP contribution in [0.1, 0.15) is 18.4 Å². The van der Waals surface area contributed by atoms with Crippen molar-refractivity contribution < 1.29 is 22.7 Å². The van der Waals surface area contributed by atoms with Gasteiger partial charge in [0.1, 0.15) is 6.10 Å². The highest BCUT2D eigenvalue weighted by Gasteiger charge is 2.31. The van der Waals surface area contributed by atoms with Gasteiger partial charge in [-0.2, -0.15) is 18.3 Å². The molecule has 1 aromatic heterocycles. The van der Waals surface area contributed by atoms with Crippen LogP contribution in [0.4, 0.5) is 19.0 Å². The molecular weight excluding hydrogens is 287 g/mol. The summed E-state index contributed by atoms with van der Waals surface area (Å²) < 4.78 is 43.4. The summed E-state index contributed by atoms with van der Waals surface area (Å²) in [5, 5.41) is 9.17. The molecular formula is C13H12F3N3O2. The van der Waals surface area contributed by atoms with Gasteiger partial charge in [0, 0.05) is 12.0 Å². The Morgan fingerprint density at radius 2 is 2.24 bits per heavy atom. The Morgan fingerprint density at radius 1 is 1.43 bits per heavy atom. The minimum Gasteiger partial charge on any atom is -0.368 e. The molecule has 1 saturated heterocycles. The molecule has 0 saturated carbocycles. The Bertz CT molecular complexity index is 675. The maximum absolute atomic E-state index is 12.7. The van der Waals surface area contributed by atoms with Crippen molar-refractivity contribution in [2.75, 3.05) is 11.9 Å². The molecule has 2 aromatic rings. The second kappa shape index (κ2) is 5.03. The number of carbonyl (C=O) groups excluding carboxylic acids is 1. The van der Waals surface area contributed by atoms with Gasteiger partial charge >= 0.3 is 6.18 Å². The predicted octanol–water partition coefficient (Wildman–Crippen LogP) is 2.70. The van der Waals surface area contributed by atoms with Crippen LogP contribution < -0.4 is 5.32 Å². The molecule has 0 bridgehead atoms. The number of benzene rings is 1. The smallest absolute Gasteiger partial charge is 0.368 e. The SMILES string of the molecule is O=C(Nc1n[nH]c2ccc(C(F)(F)F)cc12)C1CCCO1. The Kier molecular flexibility index (Phi) is 3.32. The first-order chi connectivity index (χ1) is 9.95. The fourth-order valence-electron chi connectivity index (χ4n) is 2.27. The molecule has 1 unspecified atom stereocenters. The number of halogens is 3. The number of nitrogens with one attached hydrogen (secondary N) is 2. The minimum absolute atomic E-state index is 0.0802. The second-order valence-corrected chi connectivity index (χ2v) is 4.82. The van der Waals surface area contributed by atoms with E-state index in [4.69, 9.17) is 4.74 Å². The van der Waals surface area contributed by atoms with Crippen LogP contribution in [0.5, 0.6) is 0 Å². The molecule has 1 fully saturated rings. The van der Waals surface area contributed by atoms with Crippen LogP contribution >= 0.6 is 0 Å². The van der Waals surface area contributed by atoms with Crippen LogP contribution in [-0.2, 0) is 15.7 Å². The molecule has 1 aromatic carbocycles. The zero-order chi connectivity index (χ0) is 15.0. The maximum Gasteiger partial charge on any atom is 0.416 e. The lowest BCUT2D eigenvalue weighted by Gasteiger charge is -2.09. The molecule has 5 nitrogen and oxygen atoms in total. The predicted molar refractivity (Wildman–Crippen MR) is 68.7 cm³/mol. The largest absolute Gasteiger partial charge is 0.416 e. The average Bonchev–Trinajstić information content (AvgIpc) is 3.07. The molecule has 112 valence electrons. The zero-order valence-electron chi connectivity index (χ0n) is 10.8. The molecule has 0 spiro atoms. The van der Waals surface area contributed by atoms with Gasteiger partial charge in [0.25, 0.3) is 5.91 Å². The third kappa shape index (κ3) is 2.71. The van der Waals surface area contributed by atoms with E-state index in [1.807, 2.05) is 0 Å². The van der Waals surface area contributed by atoms with Crippen molar-refractivity contribution in [1.29, 1.82) is 0 Å². The fraction of sp³-hybridized carbons (Fsp3) is 0.385. The highest BCUT2D eigenvalue weighted by Crippen LogP contribution is 2.33. The first-order valence-corrected chi connectivity index (χ1v) is 6.43. The van der Waals surface area contributed by atoms with Crippen molar-refractivity contribution in [3.8, 4) is 0 Å². The lowest BCUT2D eigenvalue weighted by atomic mass is 10.1. The Labute approximate surface area is 117 Å². The third-order valence-electron chi connectivity index (χ3n) is 3.35. The molecule has 1 aliphatic rings. The van der Waals surface area contributed by atoms with E-state index in [9.17, 15) is 18.0 Å². The quantitative estimate of drug-likeness (QED) is 0.896. The van der Waals surface area contributed by atoms with E-state index in [-0.39, 0.29) is 11.2 Å². The van der Waals surface area contributed by atoms with Gasteiger partial charge in [-0.3, -0.25) is 9.89 Å². The number of ether oxygens (including phenoxy) is 1. The summed E-state index contributed by atoms with van der Waals surface area (Å²) in [5.41, 5.74) is -0.366. The normalized spacial score (nSPS) is 19.1. The number of hydrogen-bond donors (Lipinski definition) is 2. The molecule has 2 heterocycles. The second-order valence-electron chi connectivity index (χ2n) is 4.82. The van der Waals surface area contributed by atoms with Crippen molar-refractivity contribution in [3.05, 3.63) is 23.8 Å². The van der Waals surface area contributed by atoms with E-state index >= 15 is 0 Å². The van der Waals surface area contributed by atoms with E-state index in [2.05, 4.69) is 15.5 Å². The zero-order valence-corrected chi connectivity index (χ0v) is 10.8. The van der Waals surface area contributed by atoms with Gasteiger partial charge in [0.2, 0.25) is 0 Å². The number of fused-ring (bicyclic) bond motifs is 1. The monoisotopic (exact) mass is 299 g/mol. The molecule has 2 N–H and O–H groups in total.